The van der Waals surface area contributed by atoms with E-state index in [4.69, 9.17) is 34.4 Å². The molecule has 2 saturated heterocycles. The molecular weight excluding hydrogens is 1120 g/mol. The third-order valence-corrected chi connectivity index (χ3v) is 16.6. The summed E-state index contributed by atoms with van der Waals surface area (Å²) in [5, 5.41) is 24.2. The number of amides is 5. The summed E-state index contributed by atoms with van der Waals surface area (Å²) in [7, 11) is 3.27. The van der Waals surface area contributed by atoms with Gasteiger partial charge < -0.3 is 60.1 Å². The number of anilines is 1. The Morgan fingerprint density at radius 2 is 1.58 bits per heavy atom. The van der Waals surface area contributed by atoms with Gasteiger partial charge in [0.25, 0.3) is 5.91 Å². The molecule has 2 aromatic carbocycles. The molecule has 0 aliphatic carbocycles. The minimum absolute atomic E-state index is 0.0143. The van der Waals surface area contributed by atoms with Gasteiger partial charge in [0.05, 0.1) is 95.2 Å². The van der Waals surface area contributed by atoms with Gasteiger partial charge in [0.15, 0.2) is 23.0 Å². The standard InChI is InChI=1S/C59H74F2N12O11S/c1-36(64-3)56(77)68-53(59(79)72-18-5-6-47(72)57-67-46(35-85-57)54(76)39-7-9-41(60)10-8-39)38-13-19-71(20-14-38)51(75)16-23-81-25-27-83-29-28-82-26-24-80-22-15-50(74)65-17-21-73-48-34-70(4)58(78)43-12-11-42(61)31-44(43)37(2)84-49-30-40(33-66-55(49)63)52(48)45(32-62)69-73/h7-12,30-31,33,36-38,46-47,53,64H,5-6,13-29,34-35H2,1-4H3,(H2,63,66)(H,65,74)(H,68,77)/t36-,37+,46?,47-,53-/m0/s1. The third kappa shape index (κ3) is 16.5. The SMILES string of the molecule is CN[C@@H](C)C(=O)N[C@H](C(=O)N1CCC[C@H]1C1=NC(C(=O)c2ccc(F)cc2)CS1)C1CCN(C(=O)CCOCCOCCOCCOCCC(=O)NCCn2nc(C#N)c3c2CN(C)C(=O)c2ccc(F)cc2[C@@H](C)Oc2cc-3cnc2N)CC1. The number of rotatable bonds is 26. The number of likely N-dealkylation sites (tertiary alicyclic amines) is 2. The lowest BCUT2D eigenvalue weighted by molar-refractivity contribution is -0.140. The van der Waals surface area contributed by atoms with E-state index >= 15 is 0 Å². The molecule has 2 bridgehead atoms. The van der Waals surface area contributed by atoms with Gasteiger partial charge in [-0.1, -0.05) is 0 Å². The molecule has 0 radical (unpaired) electrons. The molecule has 8 rings (SSSR count). The number of fused-ring (bicyclic) bond motifs is 5. The Morgan fingerprint density at radius 1 is 0.906 bits per heavy atom. The maximum Gasteiger partial charge on any atom is 0.254 e. The van der Waals surface area contributed by atoms with Crippen molar-refractivity contribution in [3.63, 3.8) is 0 Å². The first-order valence-electron chi connectivity index (χ1n) is 28.7. The van der Waals surface area contributed by atoms with E-state index in [9.17, 15) is 42.8 Å². The van der Waals surface area contributed by atoms with Crippen LogP contribution in [-0.2, 0) is 51.2 Å². The number of piperidine rings is 1. The number of nitriles is 1. The van der Waals surface area contributed by atoms with Crippen molar-refractivity contribution in [3.8, 4) is 22.9 Å². The molecule has 456 valence electrons. The number of likely N-dealkylation sites (N-methyl/N-ethyl adjacent to an activating group) is 1. The predicted octanol–water partition coefficient (Wildman–Crippen LogP) is 4.08. The van der Waals surface area contributed by atoms with Gasteiger partial charge in [0, 0.05) is 79.4 Å². The van der Waals surface area contributed by atoms with E-state index in [-0.39, 0.29) is 130 Å². The highest BCUT2D eigenvalue weighted by molar-refractivity contribution is 8.14. The molecule has 6 heterocycles. The Kier molecular flexibility index (Phi) is 22.9. The van der Waals surface area contributed by atoms with Crippen LogP contribution in [0.25, 0.3) is 11.1 Å². The maximum absolute atomic E-state index is 14.5. The van der Waals surface area contributed by atoms with E-state index < -0.39 is 41.8 Å². The topological polar surface area (TPSA) is 287 Å². The molecule has 26 heteroatoms. The van der Waals surface area contributed by atoms with Crippen LogP contribution in [0.5, 0.6) is 5.75 Å². The molecule has 23 nitrogen and oxygen atoms in total. The Hall–Kier alpha value is -7.41. The van der Waals surface area contributed by atoms with Crippen LogP contribution < -0.4 is 26.4 Å². The summed E-state index contributed by atoms with van der Waals surface area (Å²) in [6, 6.07) is 10.7. The van der Waals surface area contributed by atoms with Crippen LogP contribution in [-0.4, -0.2) is 193 Å². The van der Waals surface area contributed by atoms with Gasteiger partial charge >= 0.3 is 0 Å². The minimum Gasteiger partial charge on any atom is -0.482 e. The highest BCUT2D eigenvalue weighted by Gasteiger charge is 2.43. The number of hydrogen-bond donors (Lipinski definition) is 4. The predicted molar refractivity (Wildman–Crippen MR) is 310 cm³/mol. The molecule has 1 unspecified atom stereocenters. The van der Waals surface area contributed by atoms with Gasteiger partial charge in [-0.2, -0.15) is 10.4 Å². The van der Waals surface area contributed by atoms with Gasteiger partial charge in [0.2, 0.25) is 23.6 Å². The molecule has 85 heavy (non-hydrogen) atoms. The number of pyridine rings is 1. The Labute approximate surface area is 496 Å². The third-order valence-electron chi connectivity index (χ3n) is 15.4. The van der Waals surface area contributed by atoms with Crippen LogP contribution in [0.2, 0.25) is 0 Å². The van der Waals surface area contributed by atoms with Gasteiger partial charge in [0.1, 0.15) is 35.9 Å². The molecule has 2 aromatic heterocycles. The van der Waals surface area contributed by atoms with Gasteiger partial charge in [-0.05, 0) is 101 Å². The molecular formula is C59H74F2N12O11S. The lowest BCUT2D eigenvalue weighted by Gasteiger charge is -2.38. The van der Waals surface area contributed by atoms with E-state index in [2.05, 4.69) is 32.1 Å². The van der Waals surface area contributed by atoms with Crippen LogP contribution in [0.15, 0.2) is 59.7 Å². The monoisotopic (exact) mass is 1200 g/mol. The van der Waals surface area contributed by atoms with Crippen molar-refractivity contribution in [1.82, 2.24) is 45.4 Å². The summed E-state index contributed by atoms with van der Waals surface area (Å²) in [6.45, 7) is 7.16. The quantitative estimate of drug-likeness (QED) is 0.0509. The number of ketones is 1. The number of nitrogen functional groups attached to an aromatic ring is 1. The number of nitrogens with two attached hydrogens (primary N) is 1. The summed E-state index contributed by atoms with van der Waals surface area (Å²) >= 11 is 1.46. The highest BCUT2D eigenvalue weighted by Crippen LogP contribution is 2.37. The van der Waals surface area contributed by atoms with E-state index in [1.165, 1.54) is 65.3 Å². The Bertz CT molecular complexity index is 3100. The number of aliphatic imine (C=N–C) groups is 1. The number of aromatic nitrogens is 3. The summed E-state index contributed by atoms with van der Waals surface area (Å²) in [4.78, 5) is 94.8. The zero-order valence-corrected chi connectivity index (χ0v) is 49.1. The van der Waals surface area contributed by atoms with Crippen LogP contribution in [0.1, 0.15) is 96.1 Å². The zero-order valence-electron chi connectivity index (χ0n) is 48.3. The van der Waals surface area contributed by atoms with Crippen LogP contribution in [0.4, 0.5) is 14.6 Å². The molecule has 5 atom stereocenters. The summed E-state index contributed by atoms with van der Waals surface area (Å²) in [5.74, 6) is -1.94. The first-order valence-corrected chi connectivity index (χ1v) is 29.6. The summed E-state index contributed by atoms with van der Waals surface area (Å²) in [6.07, 6.45) is 3.43. The molecule has 0 spiro atoms. The first kappa shape index (κ1) is 63.6. The average Bonchev–Trinajstić information content (AvgIpc) is 3.86. The molecule has 4 aromatic rings. The summed E-state index contributed by atoms with van der Waals surface area (Å²) < 4.78 is 58.1. The van der Waals surface area contributed by atoms with Crippen LogP contribution >= 0.6 is 11.8 Å². The fraction of sp³-hybridized carbons (Fsp3) is 0.525. The van der Waals surface area contributed by atoms with Crippen molar-refractivity contribution < 1.29 is 61.2 Å². The number of ether oxygens (including phenoxy) is 5. The number of carbonyl (C=O) groups is 6. The molecule has 5 amide bonds. The Balaban J connectivity index is 0.685. The van der Waals surface area contributed by atoms with Crippen molar-refractivity contribution in [2.45, 2.75) is 95.7 Å². The lowest BCUT2D eigenvalue weighted by atomic mass is 9.88. The maximum atomic E-state index is 14.5. The number of benzene rings is 2. The first-order chi connectivity index (χ1) is 41.0. The fourth-order valence-electron chi connectivity index (χ4n) is 10.6. The van der Waals surface area contributed by atoms with Crippen molar-refractivity contribution in [2.75, 3.05) is 105 Å². The molecule has 4 aliphatic rings. The van der Waals surface area contributed by atoms with Crippen molar-refractivity contribution in [2.24, 2.45) is 10.9 Å². The van der Waals surface area contributed by atoms with E-state index in [1.807, 2.05) is 0 Å². The fourth-order valence-corrected chi connectivity index (χ4v) is 11.8. The average molecular weight is 1200 g/mol. The van der Waals surface area contributed by atoms with Gasteiger partial charge in [-0.15, -0.1) is 11.8 Å². The van der Waals surface area contributed by atoms with Crippen molar-refractivity contribution in [3.05, 3.63) is 94.4 Å². The number of nitrogens with one attached hydrogen (secondary N) is 3. The zero-order chi connectivity index (χ0) is 60.6. The van der Waals surface area contributed by atoms with Crippen molar-refractivity contribution >= 4 is 57.9 Å². The van der Waals surface area contributed by atoms with E-state index in [0.29, 0.717) is 97.5 Å². The number of Topliss-reactive ketones (excluding diaryl/α,β-unsaturated/α-hetero) is 1. The number of nitrogens with zero attached hydrogens (tertiary/aromatic N) is 8. The second kappa shape index (κ2) is 30.6. The molecule has 0 saturated carbocycles. The Morgan fingerprint density at radius 3 is 2.26 bits per heavy atom. The largest absolute Gasteiger partial charge is 0.482 e. The number of carbonyl (C=O) groups excluding carboxylic acids is 6. The minimum atomic E-state index is -0.810. The van der Waals surface area contributed by atoms with Crippen molar-refractivity contribution in [1.29, 1.82) is 5.26 Å². The second-order valence-electron chi connectivity index (χ2n) is 21.1. The van der Waals surface area contributed by atoms with Gasteiger partial charge in [-0.25, -0.2) is 13.8 Å². The van der Waals surface area contributed by atoms with Crippen LogP contribution in [0.3, 0.4) is 0 Å². The normalized spacial score (nSPS) is 18.7. The smallest absolute Gasteiger partial charge is 0.254 e. The van der Waals surface area contributed by atoms with Crippen LogP contribution in [0, 0.1) is 28.9 Å². The molecule has 5 N–H and O–H groups in total. The number of hydrogen-bond acceptors (Lipinski definition) is 18. The number of thioether (sulfide) groups is 1. The van der Waals surface area contributed by atoms with Gasteiger partial charge in [-0.3, -0.25) is 38.4 Å². The lowest BCUT2D eigenvalue weighted by Crippen LogP contribution is -2.58. The highest BCUT2D eigenvalue weighted by atomic mass is 32.2. The number of halogens is 2. The molecule has 4 aliphatic heterocycles. The van der Waals surface area contributed by atoms with E-state index in [0.717, 1.165) is 6.42 Å². The molecule has 2 fully saturated rings. The summed E-state index contributed by atoms with van der Waals surface area (Å²) in [5.41, 5.74) is 8.58. The second-order valence-corrected chi connectivity index (χ2v) is 22.2. The van der Waals surface area contributed by atoms with E-state index in [1.54, 1.807) is 48.5 Å².